The summed E-state index contributed by atoms with van der Waals surface area (Å²) in [6.07, 6.45) is 0. The first kappa shape index (κ1) is 20.3. The van der Waals surface area contributed by atoms with Crippen LogP contribution in [0.25, 0.3) is 0 Å². The Morgan fingerprint density at radius 2 is 1.97 bits per heavy atom. The van der Waals surface area contributed by atoms with E-state index in [4.69, 9.17) is 9.84 Å². The monoisotopic (exact) mass is 401 g/mol. The number of rotatable bonds is 7. The smallest absolute Gasteiger partial charge is 0.325 e. The molecule has 4 amide bonds. The Balaban J connectivity index is 1.64. The first-order chi connectivity index (χ1) is 13.9. The summed E-state index contributed by atoms with van der Waals surface area (Å²) in [5.41, 5.74) is 1.19. The second-order valence-electron chi connectivity index (χ2n) is 6.48. The number of amides is 4. The predicted molar refractivity (Wildman–Crippen MR) is 102 cm³/mol. The van der Waals surface area contributed by atoms with Crippen LogP contribution in [0, 0.1) is 12.7 Å². The quantitative estimate of drug-likeness (QED) is 0.613. The second kappa shape index (κ2) is 8.70. The van der Waals surface area contributed by atoms with Gasteiger partial charge >= 0.3 is 6.03 Å². The summed E-state index contributed by atoms with van der Waals surface area (Å²) in [7, 11) is 0. The van der Waals surface area contributed by atoms with Gasteiger partial charge in [-0.2, -0.15) is 0 Å². The first-order valence-electron chi connectivity index (χ1n) is 8.90. The van der Waals surface area contributed by atoms with Crippen molar-refractivity contribution in [3.05, 3.63) is 59.4 Å². The Bertz CT molecular complexity index is 932. The number of aliphatic hydroxyl groups excluding tert-OH is 1. The van der Waals surface area contributed by atoms with Crippen molar-refractivity contribution in [3.63, 3.8) is 0 Å². The number of carbonyl (C=O) groups excluding carboxylic acids is 3. The minimum Gasteiger partial charge on any atom is -0.491 e. The van der Waals surface area contributed by atoms with Crippen molar-refractivity contribution >= 4 is 23.5 Å². The number of benzene rings is 2. The van der Waals surface area contributed by atoms with E-state index in [2.05, 4.69) is 10.6 Å². The number of hydrogen-bond donors (Lipinski definition) is 3. The molecule has 1 heterocycles. The Morgan fingerprint density at radius 1 is 1.24 bits per heavy atom. The molecule has 3 N–H and O–H groups in total. The van der Waals surface area contributed by atoms with Crippen LogP contribution in [-0.4, -0.2) is 47.6 Å². The van der Waals surface area contributed by atoms with Gasteiger partial charge in [-0.25, -0.2) is 9.18 Å². The third-order valence-electron chi connectivity index (χ3n) is 4.30. The molecule has 1 atom stereocenters. The number of nitrogens with zero attached hydrogens (tertiary/aromatic N) is 1. The molecule has 0 unspecified atom stereocenters. The molecule has 1 fully saturated rings. The third-order valence-corrected chi connectivity index (χ3v) is 4.30. The summed E-state index contributed by atoms with van der Waals surface area (Å²) in [4.78, 5) is 37.7. The maximum absolute atomic E-state index is 13.9. The summed E-state index contributed by atoms with van der Waals surface area (Å²) in [6.45, 7) is 1.20. The van der Waals surface area contributed by atoms with Crippen molar-refractivity contribution < 1.29 is 28.6 Å². The van der Waals surface area contributed by atoms with Gasteiger partial charge in [-0.1, -0.05) is 18.2 Å². The normalized spacial score (nSPS) is 16.0. The fourth-order valence-electron chi connectivity index (χ4n) is 2.87. The lowest BCUT2D eigenvalue weighted by molar-refractivity contribution is -0.130. The van der Waals surface area contributed by atoms with Gasteiger partial charge < -0.3 is 20.5 Å². The van der Waals surface area contributed by atoms with E-state index in [-0.39, 0.29) is 18.9 Å². The lowest BCUT2D eigenvalue weighted by Gasteiger charge is -2.14. The average Bonchev–Trinajstić information content (AvgIpc) is 2.97. The summed E-state index contributed by atoms with van der Waals surface area (Å²) < 4.78 is 19.1. The van der Waals surface area contributed by atoms with Crippen LogP contribution < -0.4 is 15.4 Å². The van der Waals surface area contributed by atoms with Crippen molar-refractivity contribution in [1.82, 2.24) is 10.2 Å². The zero-order valence-electron chi connectivity index (χ0n) is 15.6. The maximum atomic E-state index is 13.9. The van der Waals surface area contributed by atoms with Gasteiger partial charge in [0.25, 0.3) is 5.91 Å². The van der Waals surface area contributed by atoms with Gasteiger partial charge in [-0.05, 0) is 42.3 Å². The van der Waals surface area contributed by atoms with Gasteiger partial charge in [-0.3, -0.25) is 14.5 Å². The highest BCUT2D eigenvalue weighted by molar-refractivity contribution is 6.08. The molecule has 29 heavy (non-hydrogen) atoms. The van der Waals surface area contributed by atoms with E-state index in [0.29, 0.717) is 16.9 Å². The highest BCUT2D eigenvalue weighted by Crippen LogP contribution is 2.24. The number of urea groups is 1. The Kier molecular flexibility index (Phi) is 6.08. The summed E-state index contributed by atoms with van der Waals surface area (Å²) in [5, 5.41) is 13.6. The minimum absolute atomic E-state index is 0.0253. The highest BCUT2D eigenvalue weighted by Gasteiger charge is 2.39. The van der Waals surface area contributed by atoms with Crippen LogP contribution in [-0.2, 0) is 9.59 Å². The van der Waals surface area contributed by atoms with Crippen LogP contribution in [0.2, 0.25) is 0 Å². The molecule has 152 valence electrons. The average molecular weight is 401 g/mol. The Hall–Kier alpha value is -3.46. The zero-order valence-corrected chi connectivity index (χ0v) is 15.6. The molecule has 2 aromatic rings. The lowest BCUT2D eigenvalue weighted by Crippen LogP contribution is -2.38. The molecule has 0 saturated carbocycles. The number of halogens is 1. The van der Waals surface area contributed by atoms with Gasteiger partial charge in [0, 0.05) is 0 Å². The molecule has 0 radical (unpaired) electrons. The van der Waals surface area contributed by atoms with Gasteiger partial charge in [0.2, 0.25) is 5.91 Å². The van der Waals surface area contributed by atoms with Crippen molar-refractivity contribution in [2.75, 3.05) is 25.1 Å². The van der Waals surface area contributed by atoms with Crippen LogP contribution >= 0.6 is 0 Å². The van der Waals surface area contributed by atoms with Gasteiger partial charge in [0.15, 0.2) is 0 Å². The molecule has 0 spiro atoms. The maximum Gasteiger partial charge on any atom is 0.325 e. The molecule has 0 aromatic heterocycles. The number of carbonyl (C=O) groups is 3. The Morgan fingerprint density at radius 3 is 2.62 bits per heavy atom. The third kappa shape index (κ3) is 4.69. The van der Waals surface area contributed by atoms with Crippen LogP contribution in [0.4, 0.5) is 14.9 Å². The van der Waals surface area contributed by atoms with Gasteiger partial charge in [0.05, 0.1) is 12.3 Å². The van der Waals surface area contributed by atoms with E-state index in [1.165, 1.54) is 12.1 Å². The van der Waals surface area contributed by atoms with Gasteiger partial charge in [0.1, 0.15) is 30.8 Å². The number of imide groups is 1. The topological polar surface area (TPSA) is 108 Å². The summed E-state index contributed by atoms with van der Waals surface area (Å²) in [6, 6.07) is 9.13. The molecule has 8 nitrogen and oxygen atoms in total. The number of aryl methyl sites for hydroxylation is 1. The van der Waals surface area contributed by atoms with Crippen molar-refractivity contribution in [2.24, 2.45) is 0 Å². The molecule has 0 aliphatic carbocycles. The second-order valence-corrected chi connectivity index (χ2v) is 6.48. The minimum atomic E-state index is -0.932. The zero-order chi connectivity index (χ0) is 21.0. The van der Waals surface area contributed by atoms with Crippen molar-refractivity contribution in [3.8, 4) is 5.75 Å². The molecule has 1 aliphatic rings. The van der Waals surface area contributed by atoms with E-state index in [1.54, 1.807) is 37.3 Å². The predicted octanol–water partition coefficient (Wildman–Crippen LogP) is 1.74. The molecule has 2 aromatic carbocycles. The fraction of sp³-hybridized carbons (Fsp3) is 0.250. The SMILES string of the molecule is Cc1ccc(NC(=O)CN2C(=O)N[C@H](c3ccc(OCCO)cc3)C2=O)c(F)c1. The largest absolute Gasteiger partial charge is 0.491 e. The van der Waals surface area contributed by atoms with Gasteiger partial charge in [-0.15, -0.1) is 0 Å². The molecule has 1 aliphatic heterocycles. The molecular formula is C20H20FN3O5. The molecule has 1 saturated heterocycles. The first-order valence-corrected chi connectivity index (χ1v) is 8.90. The van der Waals surface area contributed by atoms with E-state index in [0.717, 1.165) is 4.90 Å². The number of hydrogen-bond acceptors (Lipinski definition) is 5. The van der Waals surface area contributed by atoms with E-state index in [9.17, 15) is 18.8 Å². The van der Waals surface area contributed by atoms with E-state index < -0.39 is 36.2 Å². The molecule has 0 bridgehead atoms. The fourth-order valence-corrected chi connectivity index (χ4v) is 2.87. The Labute approximate surface area is 166 Å². The van der Waals surface area contributed by atoms with Crippen molar-refractivity contribution in [1.29, 1.82) is 0 Å². The molecule has 3 rings (SSSR count). The van der Waals surface area contributed by atoms with E-state index >= 15 is 0 Å². The van der Waals surface area contributed by atoms with E-state index in [1.807, 2.05) is 0 Å². The summed E-state index contributed by atoms with van der Waals surface area (Å²) >= 11 is 0. The number of aliphatic hydroxyl groups is 1. The number of nitrogens with one attached hydrogen (secondary N) is 2. The molecule has 9 heteroatoms. The van der Waals surface area contributed by atoms with Crippen LogP contribution in [0.1, 0.15) is 17.2 Å². The molecular weight excluding hydrogens is 381 g/mol. The summed E-state index contributed by atoms with van der Waals surface area (Å²) in [5.74, 6) is -1.36. The number of anilines is 1. The standard InChI is InChI=1S/C20H20FN3O5/c1-12-2-7-16(15(21)10-12)22-17(26)11-24-19(27)18(23-20(24)28)13-3-5-14(6-4-13)29-9-8-25/h2-7,10,18,25H,8-9,11H2,1H3,(H,22,26)(H,23,28)/t18-/m1/s1. The highest BCUT2D eigenvalue weighted by atomic mass is 19.1. The van der Waals surface area contributed by atoms with Crippen LogP contribution in [0.3, 0.4) is 0 Å². The lowest BCUT2D eigenvalue weighted by atomic mass is 10.1. The van der Waals surface area contributed by atoms with Crippen LogP contribution in [0.15, 0.2) is 42.5 Å². The van der Waals surface area contributed by atoms with Crippen LogP contribution in [0.5, 0.6) is 5.75 Å². The van der Waals surface area contributed by atoms with Crippen molar-refractivity contribution in [2.45, 2.75) is 13.0 Å². The number of ether oxygens (including phenoxy) is 1.